The summed E-state index contributed by atoms with van der Waals surface area (Å²) in [6, 6.07) is 108. The molecule has 0 heterocycles. The van der Waals surface area contributed by atoms with E-state index in [1.807, 2.05) is 146 Å². The number of aromatic hydroxyl groups is 4. The summed E-state index contributed by atoms with van der Waals surface area (Å²) in [5.41, 5.74) is 18.5. The zero-order chi connectivity index (χ0) is 94.2. The van der Waals surface area contributed by atoms with Crippen LogP contribution < -0.4 is 28.4 Å². The quantitative estimate of drug-likeness (QED) is 0.0125. The first kappa shape index (κ1) is 99.7. The topological polar surface area (TPSA) is 239 Å². The van der Waals surface area contributed by atoms with Gasteiger partial charge in [0.2, 0.25) is 0 Å². The predicted molar refractivity (Wildman–Crippen MR) is 550 cm³/mol. The fourth-order valence-electron chi connectivity index (χ4n) is 16.5. The number of benzene rings is 14. The highest BCUT2D eigenvalue weighted by Gasteiger charge is 2.48. The van der Waals surface area contributed by atoms with Crippen molar-refractivity contribution >= 4 is 101 Å². The van der Waals surface area contributed by atoms with Gasteiger partial charge in [0, 0.05) is 51.4 Å². The number of phenolic OH excluding ortho intramolecular Hbond substituents is 4. The summed E-state index contributed by atoms with van der Waals surface area (Å²) < 4.78 is 33.0. The van der Waals surface area contributed by atoms with E-state index in [1.54, 1.807) is 77.5 Å². The Morgan fingerprint density at radius 1 is 0.244 bits per heavy atom. The average Bonchev–Trinajstić information content (AvgIpc) is 1.54. The molecule has 22 heteroatoms. The number of aryl methyl sites for hydroxylation is 2. The number of carbonyl (C=O) groups is 6. The van der Waals surface area contributed by atoms with Gasteiger partial charge >= 0.3 is 35.8 Å². The normalized spacial score (nSPS) is 12.2. The van der Waals surface area contributed by atoms with E-state index in [2.05, 4.69) is 156 Å². The molecule has 14 aromatic carbocycles. The lowest BCUT2D eigenvalue weighted by Crippen LogP contribution is -2.28. The second-order valence-corrected chi connectivity index (χ2v) is 41.2. The molecule has 135 heavy (non-hydrogen) atoms. The highest BCUT2D eigenvalue weighted by Crippen LogP contribution is 2.58. The Hall–Kier alpha value is -12.8. The Kier molecular flexibility index (Phi) is 34.6. The molecule has 4 N–H and O–H groups in total. The van der Waals surface area contributed by atoms with Crippen LogP contribution in [0.15, 0.2) is 340 Å². The van der Waals surface area contributed by atoms with Crippen LogP contribution in [0, 0.1) is 13.8 Å². The van der Waals surface area contributed by atoms with Crippen LogP contribution in [-0.2, 0) is 50.4 Å². The third-order valence-corrected chi connectivity index (χ3v) is 30.6. The molecule has 0 fully saturated rings. The maximum Gasteiger partial charge on any atom is 0.312 e. The van der Waals surface area contributed by atoms with E-state index in [1.165, 1.54) is 99.5 Å². The van der Waals surface area contributed by atoms with Crippen molar-refractivity contribution in [1.29, 1.82) is 0 Å². The monoisotopic (exact) mass is 1910 g/mol. The van der Waals surface area contributed by atoms with Crippen LogP contribution in [0.4, 0.5) is 0 Å². The van der Waals surface area contributed by atoms with Crippen molar-refractivity contribution in [2.45, 2.75) is 109 Å². The van der Waals surface area contributed by atoms with E-state index in [0.717, 1.165) is 66.8 Å². The van der Waals surface area contributed by atoms with Crippen LogP contribution in [0.2, 0.25) is 0 Å². The zero-order valence-electron chi connectivity index (χ0n) is 75.0. The molecule has 0 atom stereocenters. The van der Waals surface area contributed by atoms with Crippen molar-refractivity contribution in [3.8, 4) is 79.7 Å². The van der Waals surface area contributed by atoms with E-state index >= 15 is 0 Å². The number of esters is 6. The first-order chi connectivity index (χ1) is 64.8. The molecule has 0 amide bonds. The van der Waals surface area contributed by atoms with E-state index in [9.17, 15) is 49.2 Å². The van der Waals surface area contributed by atoms with Crippen molar-refractivity contribution in [3.05, 3.63) is 418 Å². The van der Waals surface area contributed by atoms with E-state index in [4.69, 9.17) is 28.4 Å². The van der Waals surface area contributed by atoms with Gasteiger partial charge in [-0.05, 0) is 218 Å². The number of ether oxygens (including phenoxy) is 6. The molecular formula is C113H106O16S6. The van der Waals surface area contributed by atoms with Crippen molar-refractivity contribution in [1.82, 2.24) is 0 Å². The van der Waals surface area contributed by atoms with Crippen LogP contribution in [-0.4, -0.2) is 90.8 Å². The Morgan fingerprint density at radius 3 is 0.756 bits per heavy atom. The zero-order valence-corrected chi connectivity index (χ0v) is 79.9. The van der Waals surface area contributed by atoms with Crippen molar-refractivity contribution in [2.75, 3.05) is 34.5 Å². The molecule has 14 aromatic rings. The smallest absolute Gasteiger partial charge is 0.312 e. The Bertz CT molecular complexity index is 5910. The lowest BCUT2D eigenvalue weighted by molar-refractivity contribution is -0.134. The van der Waals surface area contributed by atoms with Gasteiger partial charge < -0.3 is 48.8 Å². The Labute approximate surface area is 813 Å². The van der Waals surface area contributed by atoms with Gasteiger partial charge in [-0.25, -0.2) is 0 Å². The van der Waals surface area contributed by atoms with Crippen molar-refractivity contribution in [3.63, 3.8) is 0 Å². The molecule has 0 spiro atoms. The minimum atomic E-state index is -0.622. The largest absolute Gasteiger partial charge is 0.508 e. The highest BCUT2D eigenvalue weighted by atomic mass is 33.1. The summed E-state index contributed by atoms with van der Waals surface area (Å²) in [6.07, 6.45) is 1.55. The average molecular weight is 1910 g/mol. The summed E-state index contributed by atoms with van der Waals surface area (Å²) in [4.78, 5) is 74.0. The van der Waals surface area contributed by atoms with Crippen LogP contribution in [0.3, 0.4) is 0 Å². The van der Waals surface area contributed by atoms with Crippen molar-refractivity contribution in [2.24, 2.45) is 0 Å². The maximum atomic E-state index is 12.9. The van der Waals surface area contributed by atoms with Gasteiger partial charge in [-0.15, -0.1) is 0 Å². The molecule has 16 nitrogen and oxygen atoms in total. The minimum Gasteiger partial charge on any atom is -0.508 e. The van der Waals surface area contributed by atoms with Gasteiger partial charge in [0.1, 0.15) is 57.5 Å². The SMILES string of the molecule is C.Cc1ccc(C(C)(C)c2ccc(OC(=O)CCSSCCC(=O)Oc3ccc(C(C)(C)c4ccc(O)cc4)cc3)cc2)cc1.Cc1cccc(OC(=O)CCSSCCC(=O)Oc2cccc(O)c2)c1.O=C(CCSSCCC(=O)Oc1ccc(C2(c3ccc(O)cc3)c3ccccc3-c3ccccc32)cc1)Oc1ccc(C2(c3ccc(O)cc3)c3ccccc3-c3ccccc32)cc1. The number of carbonyl (C=O) groups excluding carboxylic acids is 6. The fourth-order valence-corrected chi connectivity index (χ4v) is 22.3. The summed E-state index contributed by atoms with van der Waals surface area (Å²) in [7, 11) is 9.14. The van der Waals surface area contributed by atoms with E-state index < -0.39 is 10.8 Å². The Morgan fingerprint density at radius 2 is 0.474 bits per heavy atom. The number of fused-ring (bicyclic) bond motifs is 6. The number of hydrogen-bond acceptors (Lipinski definition) is 22. The minimum absolute atomic E-state index is 0. The lowest BCUT2D eigenvalue weighted by atomic mass is 9.68. The van der Waals surface area contributed by atoms with E-state index in [-0.39, 0.29) is 109 Å². The predicted octanol–water partition coefficient (Wildman–Crippen LogP) is 26.5. The van der Waals surface area contributed by atoms with Gasteiger partial charge in [0.15, 0.2) is 0 Å². The molecule has 16 rings (SSSR count). The maximum absolute atomic E-state index is 12.9. The van der Waals surface area contributed by atoms with Crippen molar-refractivity contribution < 1.29 is 77.6 Å². The third kappa shape index (κ3) is 25.0. The molecule has 0 radical (unpaired) electrons. The molecule has 690 valence electrons. The first-order valence-corrected chi connectivity index (χ1v) is 51.4. The molecule has 0 bridgehead atoms. The molecule has 2 aliphatic carbocycles. The molecular weight excluding hydrogens is 1810 g/mol. The standard InChI is InChI=1S/C56H42O6S2.C37H40O5S2.C19H20O5S2.CH4/c57-41-25-17-37(18-26-41)55(49-13-5-1-9-45(49)46-10-2-6-14-50(46)55)39-21-29-43(30-22-39)61-53(59)33-35-63-64-36-34-54(60)62-44-31-23-40(24-32-44)56(38-19-27-42(58)28-20-38)51-15-7-3-11-47(51)48-12-4-8-16-52(48)56;1-26-6-8-27(9-7-26)36(2,3)29-12-18-32(19-13-29)41-34(39)22-24-43-44-25-23-35(40)42-33-20-14-30(15-21-33)37(4,5)28-10-16-31(38)17-11-28;1-14-4-2-6-16(12-14)23-18(21)8-10-25-26-11-9-19(22)24-17-7-3-5-15(20)13-17;/h1-32,57-58H,33-36H2;6-21,38H,22-25H2,1-5H3;2-7,12-13,20H,8-11H2,1H3;1H4. The molecule has 0 saturated heterocycles. The second-order valence-electron chi connectivity index (χ2n) is 33.1. The number of hydrogen-bond donors (Lipinski definition) is 4. The molecule has 0 unspecified atom stereocenters. The molecule has 0 aliphatic heterocycles. The summed E-state index contributed by atoms with van der Waals surface area (Å²) >= 11 is 0. The van der Waals surface area contributed by atoms with Crippen LogP contribution in [0.25, 0.3) is 22.3 Å². The van der Waals surface area contributed by atoms with Gasteiger partial charge in [-0.3, -0.25) is 28.8 Å². The van der Waals surface area contributed by atoms with Crippen LogP contribution in [0.5, 0.6) is 57.5 Å². The molecule has 0 saturated carbocycles. The first-order valence-electron chi connectivity index (χ1n) is 43.9. The van der Waals surface area contributed by atoms with E-state index in [0.29, 0.717) is 75.4 Å². The Balaban J connectivity index is 0.000000188. The van der Waals surface area contributed by atoms with Crippen LogP contribution in [0.1, 0.15) is 152 Å². The second kappa shape index (κ2) is 46.9. The fraction of sp³-hybridized carbons (Fsp3) is 0.204. The third-order valence-electron chi connectivity index (χ3n) is 23.4. The molecule has 0 aromatic heterocycles. The van der Waals surface area contributed by atoms with Crippen LogP contribution >= 0.6 is 64.8 Å². The number of rotatable bonds is 35. The van der Waals surface area contributed by atoms with Gasteiger partial charge in [0.05, 0.1) is 49.4 Å². The molecule has 2 aliphatic rings. The lowest BCUT2D eigenvalue weighted by Gasteiger charge is -2.34. The summed E-state index contributed by atoms with van der Waals surface area (Å²) in [5.74, 6) is 5.14. The van der Waals surface area contributed by atoms with Gasteiger partial charge in [-0.2, -0.15) is 0 Å². The summed E-state index contributed by atoms with van der Waals surface area (Å²) in [5, 5.41) is 39.2. The number of phenols is 4. The highest BCUT2D eigenvalue weighted by molar-refractivity contribution is 8.77. The summed E-state index contributed by atoms with van der Waals surface area (Å²) in [6.45, 7) is 12.6. The van der Waals surface area contributed by atoms with Gasteiger partial charge in [0.25, 0.3) is 0 Å². The van der Waals surface area contributed by atoms with Gasteiger partial charge in [-0.1, -0.05) is 330 Å².